The first kappa shape index (κ1) is 11.0. The van der Waals surface area contributed by atoms with Gasteiger partial charge in [-0.05, 0) is 55.8 Å². The van der Waals surface area contributed by atoms with Gasteiger partial charge in [0.15, 0.2) is 0 Å². The summed E-state index contributed by atoms with van der Waals surface area (Å²) < 4.78 is 1.79. The molecule has 98 valence electrons. The maximum absolute atomic E-state index is 4.17. The second kappa shape index (κ2) is 4.05. The minimum absolute atomic E-state index is 0.750. The molecular formula is C14H22N4. The van der Waals surface area contributed by atoms with E-state index in [4.69, 9.17) is 0 Å². The molecule has 0 unspecified atom stereocenters. The van der Waals surface area contributed by atoms with Crippen LogP contribution in [0.1, 0.15) is 37.8 Å². The van der Waals surface area contributed by atoms with Crippen molar-refractivity contribution in [3.8, 4) is 0 Å². The van der Waals surface area contributed by atoms with E-state index in [1.165, 1.54) is 32.1 Å². The Labute approximate surface area is 108 Å². The first-order valence-corrected chi connectivity index (χ1v) is 7.36. The quantitative estimate of drug-likeness (QED) is 0.883. The van der Waals surface area contributed by atoms with Crippen molar-refractivity contribution in [2.24, 2.45) is 30.7 Å². The Balaban J connectivity index is 1.43. The predicted octanol–water partition coefficient (Wildman–Crippen LogP) is 1.73. The van der Waals surface area contributed by atoms with Gasteiger partial charge < -0.3 is 5.32 Å². The fraction of sp³-hybridized carbons (Fsp3) is 0.857. The van der Waals surface area contributed by atoms with Crippen LogP contribution in [0.5, 0.6) is 0 Å². The highest BCUT2D eigenvalue weighted by atomic mass is 15.4. The summed E-state index contributed by atoms with van der Waals surface area (Å²) in [6.45, 7) is 0.890. The Bertz CT molecular complexity index is 411. The van der Waals surface area contributed by atoms with Gasteiger partial charge in [0.05, 0.1) is 5.69 Å². The van der Waals surface area contributed by atoms with Gasteiger partial charge in [-0.3, -0.25) is 4.68 Å². The molecular weight excluding hydrogens is 224 g/mol. The number of rotatable bonds is 3. The van der Waals surface area contributed by atoms with Crippen LogP contribution in [0.15, 0.2) is 6.20 Å². The Kier molecular flexibility index (Phi) is 2.47. The molecule has 4 fully saturated rings. The van der Waals surface area contributed by atoms with Gasteiger partial charge in [0.1, 0.15) is 0 Å². The first-order valence-electron chi connectivity index (χ1n) is 7.36. The molecule has 1 heterocycles. The Morgan fingerprint density at radius 3 is 2.39 bits per heavy atom. The molecule has 4 saturated carbocycles. The monoisotopic (exact) mass is 246 g/mol. The number of nitrogens with zero attached hydrogens (tertiary/aromatic N) is 3. The van der Waals surface area contributed by atoms with E-state index < -0.39 is 0 Å². The zero-order valence-corrected chi connectivity index (χ0v) is 11.0. The summed E-state index contributed by atoms with van der Waals surface area (Å²) in [5.41, 5.74) is 1.08. The molecule has 0 aliphatic heterocycles. The zero-order valence-electron chi connectivity index (χ0n) is 11.0. The van der Waals surface area contributed by atoms with Crippen LogP contribution in [0.4, 0.5) is 0 Å². The van der Waals surface area contributed by atoms with E-state index in [1.54, 1.807) is 4.68 Å². The molecule has 0 atom stereocenters. The summed E-state index contributed by atoms with van der Waals surface area (Å²) in [5, 5.41) is 11.9. The van der Waals surface area contributed by atoms with Crippen LogP contribution in [0, 0.1) is 23.7 Å². The number of hydrogen-bond acceptors (Lipinski definition) is 3. The van der Waals surface area contributed by atoms with Crippen molar-refractivity contribution in [2.75, 3.05) is 0 Å². The van der Waals surface area contributed by atoms with E-state index >= 15 is 0 Å². The molecule has 4 aliphatic carbocycles. The van der Waals surface area contributed by atoms with Gasteiger partial charge in [0, 0.05) is 25.8 Å². The van der Waals surface area contributed by atoms with Gasteiger partial charge in [-0.1, -0.05) is 5.21 Å². The second-order valence-electron chi connectivity index (χ2n) is 6.72. The molecule has 5 rings (SSSR count). The molecule has 1 aromatic heterocycles. The molecule has 0 saturated heterocycles. The third kappa shape index (κ3) is 1.78. The van der Waals surface area contributed by atoms with Crippen molar-refractivity contribution in [1.82, 2.24) is 20.3 Å². The Hall–Kier alpha value is -0.900. The average Bonchev–Trinajstić information content (AvgIpc) is 2.73. The number of aromatic nitrogens is 3. The minimum atomic E-state index is 0.750. The first-order chi connectivity index (χ1) is 8.78. The number of aryl methyl sites for hydroxylation is 1. The highest BCUT2D eigenvalue weighted by Crippen LogP contribution is 2.53. The van der Waals surface area contributed by atoms with E-state index in [9.17, 15) is 0 Å². The third-order valence-electron chi connectivity index (χ3n) is 5.40. The largest absolute Gasteiger partial charge is 0.308 e. The van der Waals surface area contributed by atoms with Gasteiger partial charge in [-0.2, -0.15) is 0 Å². The molecule has 4 aliphatic rings. The van der Waals surface area contributed by atoms with E-state index in [1.807, 2.05) is 13.2 Å². The predicted molar refractivity (Wildman–Crippen MR) is 68.7 cm³/mol. The highest BCUT2D eigenvalue weighted by Gasteiger charge is 2.47. The van der Waals surface area contributed by atoms with Crippen molar-refractivity contribution >= 4 is 0 Å². The topological polar surface area (TPSA) is 42.7 Å². The van der Waals surface area contributed by atoms with Crippen LogP contribution in [0.2, 0.25) is 0 Å². The van der Waals surface area contributed by atoms with Gasteiger partial charge in [0.2, 0.25) is 0 Å². The van der Waals surface area contributed by atoms with Crippen LogP contribution in [-0.2, 0) is 13.6 Å². The lowest BCUT2D eigenvalue weighted by atomic mass is 9.54. The standard InChI is InChI=1S/C14H22N4/c1-18-8-13(16-17-18)7-15-14-11-3-9-2-10(5-11)6-12(14)4-9/h8-12,14-15H,2-7H2,1H3. The Morgan fingerprint density at radius 1 is 1.17 bits per heavy atom. The molecule has 0 amide bonds. The zero-order chi connectivity index (χ0) is 12.1. The van der Waals surface area contributed by atoms with Crippen LogP contribution in [0.3, 0.4) is 0 Å². The summed E-state index contributed by atoms with van der Waals surface area (Å²) in [6.07, 6.45) is 9.46. The molecule has 1 N–H and O–H groups in total. The highest BCUT2D eigenvalue weighted by molar-refractivity contribution is 5.02. The SMILES string of the molecule is Cn1cc(CNC2C3CC4CC(C3)CC2C4)nn1. The molecule has 0 radical (unpaired) electrons. The van der Waals surface area contributed by atoms with Crippen molar-refractivity contribution in [1.29, 1.82) is 0 Å². The van der Waals surface area contributed by atoms with Crippen molar-refractivity contribution in [2.45, 2.75) is 44.7 Å². The number of hydrogen-bond donors (Lipinski definition) is 1. The summed E-state index contributed by atoms with van der Waals surface area (Å²) in [7, 11) is 1.93. The van der Waals surface area contributed by atoms with Crippen LogP contribution >= 0.6 is 0 Å². The lowest BCUT2D eigenvalue weighted by molar-refractivity contribution is -0.0143. The summed E-state index contributed by atoms with van der Waals surface area (Å²) >= 11 is 0. The van der Waals surface area contributed by atoms with Crippen molar-refractivity contribution in [3.63, 3.8) is 0 Å². The Morgan fingerprint density at radius 2 is 1.83 bits per heavy atom. The smallest absolute Gasteiger partial charge is 0.0964 e. The average molecular weight is 246 g/mol. The minimum Gasteiger partial charge on any atom is -0.308 e. The molecule has 0 spiro atoms. The molecule has 0 aromatic carbocycles. The van der Waals surface area contributed by atoms with E-state index in [0.717, 1.165) is 42.0 Å². The summed E-state index contributed by atoms with van der Waals surface area (Å²) in [6, 6.07) is 0.750. The van der Waals surface area contributed by atoms with Crippen LogP contribution < -0.4 is 5.32 Å². The molecule has 4 nitrogen and oxygen atoms in total. The summed E-state index contributed by atoms with van der Waals surface area (Å²) in [5.74, 6) is 4.00. The lowest BCUT2D eigenvalue weighted by Gasteiger charge is -2.54. The molecule has 1 aromatic rings. The normalized spacial score (nSPS) is 41.5. The lowest BCUT2D eigenvalue weighted by Crippen LogP contribution is -2.54. The van der Waals surface area contributed by atoms with Gasteiger partial charge in [0.25, 0.3) is 0 Å². The fourth-order valence-corrected chi connectivity index (χ4v) is 4.96. The van der Waals surface area contributed by atoms with Gasteiger partial charge in [-0.15, -0.1) is 5.10 Å². The summed E-state index contributed by atoms with van der Waals surface area (Å²) in [4.78, 5) is 0. The second-order valence-corrected chi connectivity index (χ2v) is 6.72. The molecule has 18 heavy (non-hydrogen) atoms. The van der Waals surface area contributed by atoms with E-state index in [2.05, 4.69) is 15.6 Å². The third-order valence-corrected chi connectivity index (χ3v) is 5.40. The maximum atomic E-state index is 4.17. The molecule has 4 bridgehead atoms. The van der Waals surface area contributed by atoms with E-state index in [0.29, 0.717) is 0 Å². The molecule has 4 heteroatoms. The van der Waals surface area contributed by atoms with Crippen LogP contribution in [0.25, 0.3) is 0 Å². The van der Waals surface area contributed by atoms with Gasteiger partial charge in [-0.25, -0.2) is 0 Å². The maximum Gasteiger partial charge on any atom is 0.0964 e. The van der Waals surface area contributed by atoms with Crippen LogP contribution in [-0.4, -0.2) is 21.0 Å². The fourth-order valence-electron chi connectivity index (χ4n) is 4.96. The van der Waals surface area contributed by atoms with Crippen molar-refractivity contribution in [3.05, 3.63) is 11.9 Å². The number of nitrogens with one attached hydrogen (secondary N) is 1. The van der Waals surface area contributed by atoms with Gasteiger partial charge >= 0.3 is 0 Å². The van der Waals surface area contributed by atoms with Crippen molar-refractivity contribution < 1.29 is 0 Å². The van der Waals surface area contributed by atoms with E-state index in [-0.39, 0.29) is 0 Å².